The molecule has 1 aliphatic rings. The van der Waals surface area contributed by atoms with Gasteiger partial charge in [-0.15, -0.1) is 10.2 Å². The smallest absolute Gasteiger partial charge is 0.147 e. The van der Waals surface area contributed by atoms with E-state index in [1.807, 2.05) is 0 Å². The molecule has 0 saturated carbocycles. The second-order valence-electron chi connectivity index (χ2n) is 5.46. The van der Waals surface area contributed by atoms with Gasteiger partial charge in [-0.2, -0.15) is 0 Å². The normalized spacial score (nSPS) is 15.3. The Labute approximate surface area is 124 Å². The van der Waals surface area contributed by atoms with E-state index in [0.717, 1.165) is 23.0 Å². The predicted molar refractivity (Wildman–Crippen MR) is 84.1 cm³/mol. The number of fused-ring (bicyclic) bond motifs is 1. The Morgan fingerprint density at radius 1 is 1.25 bits per heavy atom. The molecule has 1 aromatic carbocycles. The lowest BCUT2D eigenvalue weighted by molar-refractivity contribution is 0.564. The number of hydrogen-bond acceptors (Lipinski definition) is 4. The third kappa shape index (κ3) is 2.76. The molecular weight excluding hydrogens is 266 g/mol. The van der Waals surface area contributed by atoms with Gasteiger partial charge in [0.15, 0.2) is 0 Å². The van der Waals surface area contributed by atoms with Crippen molar-refractivity contribution in [3.05, 3.63) is 34.3 Å². The first-order valence-corrected chi connectivity index (χ1v) is 8.28. The molecule has 0 aliphatic heterocycles. The minimum atomic E-state index is 0.288. The lowest BCUT2D eigenvalue weighted by Crippen LogP contribution is -2.18. The van der Waals surface area contributed by atoms with Crippen LogP contribution < -0.4 is 5.32 Å². The van der Waals surface area contributed by atoms with Crippen molar-refractivity contribution in [2.24, 2.45) is 0 Å². The predicted octanol–water partition coefficient (Wildman–Crippen LogP) is 3.75. The Bertz CT molecular complexity index is 591. The van der Waals surface area contributed by atoms with Crippen molar-refractivity contribution in [3.63, 3.8) is 0 Å². The molecule has 1 N–H and O–H groups in total. The van der Waals surface area contributed by atoms with Crippen LogP contribution in [0, 0.1) is 0 Å². The van der Waals surface area contributed by atoms with Crippen LogP contribution in [0.3, 0.4) is 0 Å². The molecule has 20 heavy (non-hydrogen) atoms. The van der Waals surface area contributed by atoms with Crippen LogP contribution in [0.5, 0.6) is 0 Å². The number of rotatable bonds is 5. The molecule has 0 radical (unpaired) electrons. The topological polar surface area (TPSA) is 37.8 Å². The molecular formula is C16H21N3S. The highest BCUT2D eigenvalue weighted by Gasteiger charge is 2.15. The van der Waals surface area contributed by atoms with Crippen LogP contribution in [0.1, 0.15) is 48.9 Å². The first-order valence-electron chi connectivity index (χ1n) is 7.47. The van der Waals surface area contributed by atoms with Gasteiger partial charge in [0.1, 0.15) is 10.0 Å². The molecule has 1 aliphatic carbocycles. The second kappa shape index (κ2) is 6.02. The van der Waals surface area contributed by atoms with Gasteiger partial charge < -0.3 is 5.32 Å². The summed E-state index contributed by atoms with van der Waals surface area (Å²) in [7, 11) is 0. The van der Waals surface area contributed by atoms with Gasteiger partial charge >= 0.3 is 0 Å². The molecule has 3 rings (SSSR count). The summed E-state index contributed by atoms with van der Waals surface area (Å²) >= 11 is 1.71. The Balaban J connectivity index is 1.79. The van der Waals surface area contributed by atoms with Crippen molar-refractivity contribution in [1.82, 2.24) is 15.5 Å². The Morgan fingerprint density at radius 3 is 2.95 bits per heavy atom. The zero-order chi connectivity index (χ0) is 13.9. The molecule has 0 spiro atoms. The average Bonchev–Trinajstić information content (AvgIpc) is 3.12. The lowest BCUT2D eigenvalue weighted by Gasteiger charge is -2.08. The van der Waals surface area contributed by atoms with E-state index in [4.69, 9.17) is 0 Å². The van der Waals surface area contributed by atoms with Gasteiger partial charge in [0, 0.05) is 5.56 Å². The molecule has 0 fully saturated rings. The lowest BCUT2D eigenvalue weighted by atomic mass is 10.1. The molecule has 0 saturated heterocycles. The highest BCUT2D eigenvalue weighted by Crippen LogP contribution is 2.31. The maximum atomic E-state index is 4.37. The summed E-state index contributed by atoms with van der Waals surface area (Å²) in [5.74, 6) is 0. The number of nitrogens with zero attached hydrogens (tertiary/aromatic N) is 2. The largest absolute Gasteiger partial charge is 0.308 e. The van der Waals surface area contributed by atoms with E-state index in [2.05, 4.69) is 47.6 Å². The zero-order valence-electron chi connectivity index (χ0n) is 12.1. The number of aromatic nitrogens is 2. The van der Waals surface area contributed by atoms with Gasteiger partial charge in [-0.1, -0.05) is 30.4 Å². The molecule has 1 aromatic heterocycles. The van der Waals surface area contributed by atoms with Crippen LogP contribution in [0.25, 0.3) is 10.6 Å². The maximum absolute atomic E-state index is 4.37. The van der Waals surface area contributed by atoms with Gasteiger partial charge in [-0.05, 0) is 56.3 Å². The minimum absolute atomic E-state index is 0.288. The first kappa shape index (κ1) is 13.7. The molecule has 0 bridgehead atoms. The van der Waals surface area contributed by atoms with Gasteiger partial charge in [-0.25, -0.2) is 0 Å². The summed E-state index contributed by atoms with van der Waals surface area (Å²) in [4.78, 5) is 0. The van der Waals surface area contributed by atoms with Crippen molar-refractivity contribution >= 4 is 11.3 Å². The summed E-state index contributed by atoms with van der Waals surface area (Å²) in [6, 6.07) is 7.04. The van der Waals surface area contributed by atoms with E-state index in [1.165, 1.54) is 36.0 Å². The quantitative estimate of drug-likeness (QED) is 0.910. The van der Waals surface area contributed by atoms with E-state index < -0.39 is 0 Å². The third-order valence-corrected chi connectivity index (χ3v) is 5.01. The fourth-order valence-corrected chi connectivity index (χ4v) is 3.55. The van der Waals surface area contributed by atoms with E-state index >= 15 is 0 Å². The monoisotopic (exact) mass is 287 g/mol. The standard InChI is InChI=1S/C16H21N3S/c1-3-9-17-11(2)15-18-19-16(20-15)14-8-7-12-5-4-6-13(12)10-14/h7-8,10-11,17H,3-6,9H2,1-2H3. The van der Waals surface area contributed by atoms with Gasteiger partial charge in [0.25, 0.3) is 0 Å². The van der Waals surface area contributed by atoms with Crippen molar-refractivity contribution in [2.75, 3.05) is 6.54 Å². The Morgan fingerprint density at radius 2 is 2.10 bits per heavy atom. The summed E-state index contributed by atoms with van der Waals surface area (Å²) in [6.45, 7) is 5.35. The minimum Gasteiger partial charge on any atom is -0.308 e. The first-order chi connectivity index (χ1) is 9.78. The van der Waals surface area contributed by atoms with E-state index in [-0.39, 0.29) is 6.04 Å². The SMILES string of the molecule is CCCNC(C)c1nnc(-c2ccc3c(c2)CCC3)s1. The number of benzene rings is 1. The number of aryl methyl sites for hydroxylation is 2. The van der Waals surface area contributed by atoms with Crippen LogP contribution in [0.2, 0.25) is 0 Å². The summed E-state index contributed by atoms with van der Waals surface area (Å²) in [5.41, 5.74) is 4.23. The average molecular weight is 287 g/mol. The zero-order valence-corrected chi connectivity index (χ0v) is 13.0. The summed E-state index contributed by atoms with van der Waals surface area (Å²) in [6.07, 6.45) is 4.87. The third-order valence-electron chi connectivity index (χ3n) is 3.86. The highest BCUT2D eigenvalue weighted by atomic mass is 32.1. The molecule has 4 heteroatoms. The van der Waals surface area contributed by atoms with Crippen LogP contribution in [-0.4, -0.2) is 16.7 Å². The van der Waals surface area contributed by atoms with Crippen molar-refractivity contribution in [1.29, 1.82) is 0 Å². The number of nitrogens with one attached hydrogen (secondary N) is 1. The molecule has 0 amide bonds. The van der Waals surface area contributed by atoms with E-state index in [1.54, 1.807) is 11.3 Å². The van der Waals surface area contributed by atoms with Gasteiger partial charge in [0.05, 0.1) is 6.04 Å². The summed E-state index contributed by atoms with van der Waals surface area (Å²) in [5, 5.41) is 14.3. The molecule has 1 unspecified atom stereocenters. The highest BCUT2D eigenvalue weighted by molar-refractivity contribution is 7.14. The molecule has 1 atom stereocenters. The fourth-order valence-electron chi connectivity index (χ4n) is 2.68. The molecule has 2 aromatic rings. The van der Waals surface area contributed by atoms with E-state index in [9.17, 15) is 0 Å². The molecule has 106 valence electrons. The van der Waals surface area contributed by atoms with Gasteiger partial charge in [0.2, 0.25) is 0 Å². The Kier molecular flexibility index (Phi) is 4.13. The van der Waals surface area contributed by atoms with Crippen LogP contribution in [0.4, 0.5) is 0 Å². The second-order valence-corrected chi connectivity index (χ2v) is 6.47. The molecule has 3 nitrogen and oxygen atoms in total. The van der Waals surface area contributed by atoms with Crippen molar-refractivity contribution in [3.8, 4) is 10.6 Å². The number of hydrogen-bond donors (Lipinski definition) is 1. The van der Waals surface area contributed by atoms with Crippen LogP contribution in [-0.2, 0) is 12.8 Å². The fraction of sp³-hybridized carbons (Fsp3) is 0.500. The van der Waals surface area contributed by atoms with E-state index in [0.29, 0.717) is 0 Å². The summed E-state index contributed by atoms with van der Waals surface area (Å²) < 4.78 is 0. The van der Waals surface area contributed by atoms with Crippen LogP contribution >= 0.6 is 11.3 Å². The Hall–Kier alpha value is -1.26. The maximum Gasteiger partial charge on any atom is 0.147 e. The van der Waals surface area contributed by atoms with Crippen molar-refractivity contribution in [2.45, 2.75) is 45.6 Å². The molecule has 1 heterocycles. The van der Waals surface area contributed by atoms with Gasteiger partial charge in [-0.3, -0.25) is 0 Å². The van der Waals surface area contributed by atoms with Crippen molar-refractivity contribution < 1.29 is 0 Å². The van der Waals surface area contributed by atoms with Crippen LogP contribution in [0.15, 0.2) is 18.2 Å².